The Hall–Kier alpha value is -2.12. The zero-order valence-corrected chi connectivity index (χ0v) is 14.1. The highest BCUT2D eigenvalue weighted by Gasteiger charge is 2.09. The molecule has 23 heavy (non-hydrogen) atoms. The van der Waals surface area contributed by atoms with Crippen molar-refractivity contribution < 1.29 is 14.3 Å². The average molecular weight is 335 g/mol. The van der Waals surface area contributed by atoms with E-state index in [0.29, 0.717) is 13.2 Å². The molecule has 1 aromatic carbocycles. The monoisotopic (exact) mass is 335 g/mol. The van der Waals surface area contributed by atoms with Gasteiger partial charge in [-0.1, -0.05) is 0 Å². The van der Waals surface area contributed by atoms with Crippen LogP contribution >= 0.6 is 11.3 Å². The Morgan fingerprint density at radius 3 is 2.65 bits per heavy atom. The fourth-order valence-electron chi connectivity index (χ4n) is 1.87. The van der Waals surface area contributed by atoms with E-state index in [1.807, 2.05) is 36.6 Å². The number of hydrogen-bond donors (Lipinski definition) is 2. The third-order valence-corrected chi connectivity index (χ3v) is 4.15. The van der Waals surface area contributed by atoms with E-state index in [9.17, 15) is 4.79 Å². The number of methoxy groups -OCH3 is 1. The lowest BCUT2D eigenvalue weighted by Crippen LogP contribution is -2.29. The van der Waals surface area contributed by atoms with Gasteiger partial charge in [0.05, 0.1) is 31.8 Å². The Bertz CT molecular complexity index is 626. The van der Waals surface area contributed by atoms with Gasteiger partial charge < -0.3 is 20.5 Å². The standard InChI is InChI=1S/C16H21N3O3S/c1-11(17)16-19-12(10-23-16)9-15(20)18-7-8-22-14-5-3-13(21-2)4-6-14/h3-6,10-11H,7-9,17H2,1-2H3,(H,18,20). The molecule has 0 aliphatic rings. The van der Waals surface area contributed by atoms with Crippen LogP contribution in [-0.4, -0.2) is 31.2 Å². The number of aromatic nitrogens is 1. The van der Waals surface area contributed by atoms with Gasteiger partial charge in [-0.3, -0.25) is 4.79 Å². The summed E-state index contributed by atoms with van der Waals surface area (Å²) in [6.45, 7) is 2.72. The fraction of sp³-hybridized carbons (Fsp3) is 0.375. The van der Waals surface area contributed by atoms with E-state index in [0.717, 1.165) is 22.2 Å². The summed E-state index contributed by atoms with van der Waals surface area (Å²) < 4.78 is 10.6. The van der Waals surface area contributed by atoms with Gasteiger partial charge in [-0.15, -0.1) is 11.3 Å². The minimum atomic E-state index is -0.102. The second kappa shape index (κ2) is 8.50. The van der Waals surface area contributed by atoms with Gasteiger partial charge in [0.1, 0.15) is 23.1 Å². The van der Waals surface area contributed by atoms with Gasteiger partial charge in [-0.25, -0.2) is 4.98 Å². The number of ether oxygens (including phenoxy) is 2. The molecule has 1 aromatic heterocycles. The molecule has 1 heterocycles. The van der Waals surface area contributed by atoms with E-state index in [2.05, 4.69) is 10.3 Å². The van der Waals surface area contributed by atoms with E-state index < -0.39 is 0 Å². The summed E-state index contributed by atoms with van der Waals surface area (Å²) in [5.74, 6) is 1.44. The molecule has 0 aliphatic carbocycles. The van der Waals surface area contributed by atoms with Crippen LogP contribution < -0.4 is 20.5 Å². The molecule has 3 N–H and O–H groups in total. The van der Waals surface area contributed by atoms with Crippen LogP contribution in [0.3, 0.4) is 0 Å². The van der Waals surface area contributed by atoms with Gasteiger partial charge in [0.15, 0.2) is 0 Å². The summed E-state index contributed by atoms with van der Waals surface area (Å²) in [6, 6.07) is 7.20. The van der Waals surface area contributed by atoms with Crippen molar-refractivity contribution in [2.24, 2.45) is 5.73 Å². The molecule has 124 valence electrons. The Labute approximate surface area is 139 Å². The van der Waals surface area contributed by atoms with Crippen LogP contribution in [-0.2, 0) is 11.2 Å². The first-order valence-electron chi connectivity index (χ1n) is 7.32. The van der Waals surface area contributed by atoms with Crippen molar-refractivity contribution in [1.82, 2.24) is 10.3 Å². The summed E-state index contributed by atoms with van der Waals surface area (Å²) in [5.41, 5.74) is 6.50. The zero-order valence-electron chi connectivity index (χ0n) is 13.2. The first-order valence-corrected chi connectivity index (χ1v) is 8.20. The van der Waals surface area contributed by atoms with Crippen molar-refractivity contribution in [2.75, 3.05) is 20.3 Å². The molecule has 1 atom stereocenters. The summed E-state index contributed by atoms with van der Waals surface area (Å²) >= 11 is 1.48. The molecule has 0 saturated carbocycles. The quantitative estimate of drug-likeness (QED) is 0.720. The van der Waals surface area contributed by atoms with Crippen LogP contribution in [0.4, 0.5) is 0 Å². The minimum absolute atomic E-state index is 0.0788. The Balaban J connectivity index is 1.67. The third kappa shape index (κ3) is 5.54. The lowest BCUT2D eigenvalue weighted by Gasteiger charge is -2.08. The number of hydrogen-bond acceptors (Lipinski definition) is 6. The maximum absolute atomic E-state index is 11.8. The van der Waals surface area contributed by atoms with Crippen molar-refractivity contribution in [3.05, 3.63) is 40.3 Å². The average Bonchev–Trinajstić information content (AvgIpc) is 3.01. The number of carbonyl (C=O) groups excluding carboxylic acids is 1. The fourth-order valence-corrected chi connectivity index (χ4v) is 2.65. The number of rotatable bonds is 8. The topological polar surface area (TPSA) is 86.5 Å². The summed E-state index contributed by atoms with van der Waals surface area (Å²) in [6.07, 6.45) is 0.256. The van der Waals surface area contributed by atoms with E-state index >= 15 is 0 Å². The summed E-state index contributed by atoms with van der Waals surface area (Å²) in [7, 11) is 1.62. The molecule has 0 aliphatic heterocycles. The second-order valence-corrected chi connectivity index (χ2v) is 5.91. The highest BCUT2D eigenvalue weighted by Crippen LogP contribution is 2.17. The number of nitrogens with zero attached hydrogens (tertiary/aromatic N) is 1. The van der Waals surface area contributed by atoms with Crippen molar-refractivity contribution in [3.8, 4) is 11.5 Å². The molecule has 0 bridgehead atoms. The molecule has 0 saturated heterocycles. The lowest BCUT2D eigenvalue weighted by atomic mass is 10.3. The predicted octanol–water partition coefficient (Wildman–Crippen LogP) is 1.91. The molecule has 1 amide bonds. The number of nitrogens with two attached hydrogens (primary N) is 1. The molecular weight excluding hydrogens is 314 g/mol. The normalized spacial score (nSPS) is 11.8. The summed E-state index contributed by atoms with van der Waals surface area (Å²) in [5, 5.41) is 5.52. The Morgan fingerprint density at radius 2 is 2.04 bits per heavy atom. The van der Waals surface area contributed by atoms with Gasteiger partial charge in [0.2, 0.25) is 5.91 Å². The van der Waals surface area contributed by atoms with E-state index in [1.54, 1.807) is 7.11 Å². The molecule has 0 spiro atoms. The van der Waals surface area contributed by atoms with E-state index in [4.69, 9.17) is 15.2 Å². The molecule has 6 nitrogen and oxygen atoms in total. The molecule has 0 radical (unpaired) electrons. The number of amides is 1. The van der Waals surface area contributed by atoms with Crippen LogP contribution in [0.2, 0.25) is 0 Å². The van der Waals surface area contributed by atoms with Crippen molar-refractivity contribution in [3.63, 3.8) is 0 Å². The van der Waals surface area contributed by atoms with Gasteiger partial charge in [-0.2, -0.15) is 0 Å². The first kappa shape index (κ1) is 17.2. The number of benzene rings is 1. The van der Waals surface area contributed by atoms with Crippen LogP contribution in [0.1, 0.15) is 23.7 Å². The van der Waals surface area contributed by atoms with Gasteiger partial charge in [-0.05, 0) is 31.2 Å². The molecule has 2 aromatic rings. The Morgan fingerprint density at radius 1 is 1.35 bits per heavy atom. The van der Waals surface area contributed by atoms with Crippen LogP contribution in [0.15, 0.2) is 29.6 Å². The predicted molar refractivity (Wildman–Crippen MR) is 89.9 cm³/mol. The largest absolute Gasteiger partial charge is 0.497 e. The van der Waals surface area contributed by atoms with Crippen molar-refractivity contribution >= 4 is 17.2 Å². The molecule has 0 fully saturated rings. The maximum atomic E-state index is 11.8. The highest BCUT2D eigenvalue weighted by molar-refractivity contribution is 7.09. The second-order valence-electron chi connectivity index (χ2n) is 5.02. The number of thiazole rings is 1. The Kier molecular flexibility index (Phi) is 6.37. The summed E-state index contributed by atoms with van der Waals surface area (Å²) in [4.78, 5) is 16.2. The first-order chi connectivity index (χ1) is 11.1. The van der Waals surface area contributed by atoms with Crippen LogP contribution in [0, 0.1) is 0 Å². The van der Waals surface area contributed by atoms with Crippen LogP contribution in [0.25, 0.3) is 0 Å². The van der Waals surface area contributed by atoms with Crippen molar-refractivity contribution in [1.29, 1.82) is 0 Å². The van der Waals surface area contributed by atoms with Gasteiger partial charge >= 0.3 is 0 Å². The van der Waals surface area contributed by atoms with Gasteiger partial charge in [0.25, 0.3) is 0 Å². The number of carbonyl (C=O) groups is 1. The van der Waals surface area contributed by atoms with E-state index in [1.165, 1.54) is 11.3 Å². The lowest BCUT2D eigenvalue weighted by molar-refractivity contribution is -0.120. The smallest absolute Gasteiger partial charge is 0.226 e. The zero-order chi connectivity index (χ0) is 16.7. The molecule has 7 heteroatoms. The maximum Gasteiger partial charge on any atom is 0.226 e. The third-order valence-electron chi connectivity index (χ3n) is 3.05. The van der Waals surface area contributed by atoms with E-state index in [-0.39, 0.29) is 18.4 Å². The molecule has 2 rings (SSSR count). The van der Waals surface area contributed by atoms with Gasteiger partial charge in [0, 0.05) is 5.38 Å². The minimum Gasteiger partial charge on any atom is -0.497 e. The SMILES string of the molecule is COc1ccc(OCCNC(=O)Cc2csc(C(C)N)n2)cc1. The van der Waals surface area contributed by atoms with Crippen LogP contribution in [0.5, 0.6) is 11.5 Å². The highest BCUT2D eigenvalue weighted by atomic mass is 32.1. The molecule has 1 unspecified atom stereocenters. The molecular formula is C16H21N3O3S. The van der Waals surface area contributed by atoms with Crippen molar-refractivity contribution in [2.45, 2.75) is 19.4 Å². The number of nitrogens with one attached hydrogen (secondary N) is 1.